The molecule has 0 radical (unpaired) electrons. The summed E-state index contributed by atoms with van der Waals surface area (Å²) in [6, 6.07) is -0.917. The third-order valence-corrected chi connectivity index (χ3v) is 13.9. The van der Waals surface area contributed by atoms with Crippen molar-refractivity contribution in [1.82, 2.24) is 5.32 Å². The van der Waals surface area contributed by atoms with Crippen molar-refractivity contribution in [2.24, 2.45) is 0 Å². The second kappa shape index (κ2) is 49.0. The average molecular weight is 1110 g/mol. The van der Waals surface area contributed by atoms with Crippen LogP contribution in [0.3, 0.4) is 0 Å². The van der Waals surface area contributed by atoms with Gasteiger partial charge >= 0.3 is 0 Å². The Labute approximate surface area is 476 Å². The van der Waals surface area contributed by atoms with Gasteiger partial charge in [0.15, 0.2) is 12.6 Å². The van der Waals surface area contributed by atoms with E-state index in [4.69, 9.17) is 18.9 Å². The van der Waals surface area contributed by atoms with Gasteiger partial charge in [-0.25, -0.2) is 0 Å². The van der Waals surface area contributed by atoms with Crippen molar-refractivity contribution in [3.63, 3.8) is 0 Å². The van der Waals surface area contributed by atoms with Crippen LogP contribution in [0.15, 0.2) is 122 Å². The first-order valence-corrected chi connectivity index (χ1v) is 30.3. The Balaban J connectivity index is 1.49. The van der Waals surface area contributed by atoms with E-state index in [0.717, 1.165) is 103 Å². The molecule has 9 N–H and O–H groups in total. The zero-order chi connectivity index (χ0) is 57.4. The lowest BCUT2D eigenvalue weighted by Crippen LogP contribution is -2.65. The third kappa shape index (κ3) is 34.4. The number of hydrogen-bond donors (Lipinski definition) is 9. The highest BCUT2D eigenvalue weighted by molar-refractivity contribution is 5.76. The third-order valence-electron chi connectivity index (χ3n) is 13.9. The average Bonchev–Trinajstić information content (AvgIpc) is 3.45. The Hall–Kier alpha value is -3.61. The number of carbonyl (C=O) groups is 1. The lowest BCUT2D eigenvalue weighted by atomic mass is 9.97. The molecule has 2 saturated heterocycles. The van der Waals surface area contributed by atoms with E-state index in [2.05, 4.69) is 129 Å². The monoisotopic (exact) mass is 1110 g/mol. The first-order valence-electron chi connectivity index (χ1n) is 30.3. The minimum Gasteiger partial charge on any atom is -0.394 e. The molecule has 1 amide bonds. The van der Waals surface area contributed by atoms with Crippen LogP contribution < -0.4 is 5.32 Å². The number of rotatable bonds is 46. The van der Waals surface area contributed by atoms with Crippen molar-refractivity contribution in [1.29, 1.82) is 0 Å². The van der Waals surface area contributed by atoms with E-state index in [1.165, 1.54) is 57.8 Å². The summed E-state index contributed by atoms with van der Waals surface area (Å²) in [5.74, 6) is -0.256. The molecule has 0 saturated carbocycles. The number of nitrogens with one attached hydrogen (secondary N) is 1. The van der Waals surface area contributed by atoms with Crippen molar-refractivity contribution in [2.45, 2.75) is 261 Å². The summed E-state index contributed by atoms with van der Waals surface area (Å²) in [7, 11) is 0. The SMILES string of the molecule is CC/C=C\C/C=C\C/C=C\C/C=C\C/C=C\C/C=C\C/C=C\C/C=C\C/C=C\CCCCCCCCCCCCCCCC(=O)NC(COC1OC(CO)C(OC2OC(CO)C(O)C(O)C2O)C(O)C1O)C(O)/C=C/CCCC. The Morgan fingerprint density at radius 1 is 0.468 bits per heavy atom. The second-order valence-electron chi connectivity index (χ2n) is 20.7. The van der Waals surface area contributed by atoms with Gasteiger partial charge in [0.1, 0.15) is 48.8 Å². The summed E-state index contributed by atoms with van der Waals surface area (Å²) in [5.41, 5.74) is 0. The molecule has 79 heavy (non-hydrogen) atoms. The topological polar surface area (TPSA) is 228 Å². The van der Waals surface area contributed by atoms with Gasteiger partial charge in [0.2, 0.25) is 5.91 Å². The molecular formula is C65H107NO13. The standard InChI is InChI=1S/C65H107NO13/c1-3-5-7-9-10-11-12-13-14-15-16-17-18-19-20-21-22-23-24-25-26-27-28-29-30-31-32-33-34-35-36-37-38-39-40-41-42-43-44-45-47-49-57(70)66-53(54(69)48-46-8-6-4-2)52-76-64-62(75)60(73)63(56(51-68)78-64)79-65-61(74)59(72)58(71)55(50-67)77-65/h5,7,10-11,13-14,16-17,19-20,22-23,25-26,28-29,31-32,46,48,53-56,58-65,67-69,71-75H,3-4,6,8-9,12,15,18,21,24,27,30,33-45,47,49-52H2,1-2H3,(H,66,70)/b7-5-,11-10-,14-13-,17-16-,20-19-,23-22-,26-25-,29-28-,32-31-,48-46+. The predicted molar refractivity (Wildman–Crippen MR) is 318 cm³/mol. The van der Waals surface area contributed by atoms with Gasteiger partial charge in [-0.2, -0.15) is 0 Å². The van der Waals surface area contributed by atoms with Gasteiger partial charge in [0.25, 0.3) is 0 Å². The summed E-state index contributed by atoms with van der Waals surface area (Å²) in [6.07, 6.45) is 55.0. The number of ether oxygens (including phenoxy) is 4. The molecule has 2 heterocycles. The zero-order valence-electron chi connectivity index (χ0n) is 48.3. The van der Waals surface area contributed by atoms with Crippen LogP contribution in [0.4, 0.5) is 0 Å². The summed E-state index contributed by atoms with van der Waals surface area (Å²) in [4.78, 5) is 13.1. The molecule has 2 fully saturated rings. The zero-order valence-corrected chi connectivity index (χ0v) is 48.3. The van der Waals surface area contributed by atoms with Crippen LogP contribution in [0.25, 0.3) is 0 Å². The fourth-order valence-corrected chi connectivity index (χ4v) is 9.03. The van der Waals surface area contributed by atoms with E-state index in [-0.39, 0.29) is 18.9 Å². The summed E-state index contributed by atoms with van der Waals surface area (Å²) in [5, 5.41) is 86.2. The molecule has 0 spiro atoms. The summed E-state index contributed by atoms with van der Waals surface area (Å²) in [6.45, 7) is 2.48. The number of aliphatic hydroxyl groups excluding tert-OH is 8. The van der Waals surface area contributed by atoms with Crippen LogP contribution in [0.1, 0.15) is 187 Å². The van der Waals surface area contributed by atoms with Gasteiger partial charge in [0.05, 0.1) is 32.0 Å². The molecule has 12 atom stereocenters. The minimum atomic E-state index is -1.79. The van der Waals surface area contributed by atoms with Gasteiger partial charge in [-0.05, 0) is 83.5 Å². The van der Waals surface area contributed by atoms with E-state index in [1.807, 2.05) is 6.08 Å². The number of hydrogen-bond acceptors (Lipinski definition) is 13. The number of allylic oxidation sites excluding steroid dienone is 19. The van der Waals surface area contributed by atoms with Crippen molar-refractivity contribution >= 4 is 5.91 Å². The van der Waals surface area contributed by atoms with Gasteiger partial charge in [-0.1, -0.05) is 219 Å². The molecule has 12 unspecified atom stereocenters. The first kappa shape index (κ1) is 71.5. The van der Waals surface area contributed by atoms with Gasteiger partial charge in [0, 0.05) is 6.42 Å². The van der Waals surface area contributed by atoms with Gasteiger partial charge in [-0.15, -0.1) is 0 Å². The van der Waals surface area contributed by atoms with Crippen molar-refractivity contribution < 1.29 is 64.6 Å². The number of carbonyl (C=O) groups excluding carboxylic acids is 1. The smallest absolute Gasteiger partial charge is 0.220 e. The van der Waals surface area contributed by atoms with Crippen LogP contribution in [0.2, 0.25) is 0 Å². The van der Waals surface area contributed by atoms with E-state index < -0.39 is 86.8 Å². The van der Waals surface area contributed by atoms with Gasteiger partial charge < -0.3 is 65.1 Å². The highest BCUT2D eigenvalue weighted by Crippen LogP contribution is 2.30. The first-order chi connectivity index (χ1) is 38.6. The molecule has 2 aliphatic heterocycles. The van der Waals surface area contributed by atoms with Crippen LogP contribution in [-0.4, -0.2) is 140 Å². The van der Waals surface area contributed by atoms with Crippen molar-refractivity contribution in [3.05, 3.63) is 122 Å². The van der Waals surface area contributed by atoms with Crippen LogP contribution in [0, 0.1) is 0 Å². The fraction of sp³-hybridized carbons (Fsp3) is 0.677. The van der Waals surface area contributed by atoms with Crippen LogP contribution in [0.5, 0.6) is 0 Å². The normalized spacial score (nSPS) is 25.3. The molecule has 0 aromatic heterocycles. The lowest BCUT2D eigenvalue weighted by Gasteiger charge is -2.46. The molecule has 14 heteroatoms. The van der Waals surface area contributed by atoms with E-state index in [9.17, 15) is 45.6 Å². The molecular weight excluding hydrogens is 1000 g/mol. The number of aliphatic hydroxyl groups is 8. The summed E-state index contributed by atoms with van der Waals surface area (Å²) >= 11 is 0. The molecule has 2 aliphatic rings. The maximum absolute atomic E-state index is 13.1. The molecule has 0 bridgehead atoms. The lowest BCUT2D eigenvalue weighted by molar-refractivity contribution is -0.359. The molecule has 0 aromatic carbocycles. The van der Waals surface area contributed by atoms with E-state index >= 15 is 0 Å². The Bertz CT molecular complexity index is 1790. The predicted octanol–water partition coefficient (Wildman–Crippen LogP) is 10.6. The second-order valence-corrected chi connectivity index (χ2v) is 20.7. The number of unbranched alkanes of at least 4 members (excludes halogenated alkanes) is 15. The van der Waals surface area contributed by atoms with E-state index in [1.54, 1.807) is 6.08 Å². The Morgan fingerprint density at radius 3 is 1.33 bits per heavy atom. The van der Waals surface area contributed by atoms with Crippen molar-refractivity contribution in [2.75, 3.05) is 19.8 Å². The Kier molecular flexibility index (Phi) is 44.4. The van der Waals surface area contributed by atoms with Crippen LogP contribution in [-0.2, 0) is 23.7 Å². The minimum absolute atomic E-state index is 0.256. The molecule has 14 nitrogen and oxygen atoms in total. The quantitative estimate of drug-likeness (QED) is 0.0204. The summed E-state index contributed by atoms with van der Waals surface area (Å²) < 4.78 is 22.5. The molecule has 2 rings (SSSR count). The highest BCUT2D eigenvalue weighted by Gasteiger charge is 2.51. The maximum atomic E-state index is 13.1. The van der Waals surface area contributed by atoms with Crippen molar-refractivity contribution in [3.8, 4) is 0 Å². The van der Waals surface area contributed by atoms with E-state index in [0.29, 0.717) is 6.42 Å². The molecule has 0 aliphatic carbocycles. The fourth-order valence-electron chi connectivity index (χ4n) is 9.03. The largest absolute Gasteiger partial charge is 0.394 e. The number of amides is 1. The van der Waals surface area contributed by atoms with Gasteiger partial charge in [-0.3, -0.25) is 4.79 Å². The maximum Gasteiger partial charge on any atom is 0.220 e. The highest BCUT2D eigenvalue weighted by atomic mass is 16.7. The van der Waals surface area contributed by atoms with Crippen LogP contribution >= 0.6 is 0 Å². The Morgan fingerprint density at radius 2 is 0.873 bits per heavy atom. The molecule has 450 valence electrons. The molecule has 0 aromatic rings.